The Morgan fingerprint density at radius 3 is 2.94 bits per heavy atom. The molecule has 2 rings (SSSR count). The Bertz CT molecular complexity index is 290. The summed E-state index contributed by atoms with van der Waals surface area (Å²) in [5.74, 6) is 0.00356. The lowest BCUT2D eigenvalue weighted by Crippen LogP contribution is -2.37. The number of carbonyl (C=O) groups excluding carboxylic acids is 1. The quantitative estimate of drug-likeness (QED) is 0.563. The summed E-state index contributed by atoms with van der Waals surface area (Å²) in [7, 11) is 0. The minimum atomic E-state index is -0.266. The highest BCUT2D eigenvalue weighted by Crippen LogP contribution is 2.34. The summed E-state index contributed by atoms with van der Waals surface area (Å²) in [6.45, 7) is 4.00. The molecule has 2 heterocycles. The van der Waals surface area contributed by atoms with Crippen LogP contribution in [0.1, 0.15) is 19.8 Å². The van der Waals surface area contributed by atoms with Gasteiger partial charge in [-0.1, -0.05) is 6.08 Å². The maximum atomic E-state index is 11.4. The molecule has 2 aliphatic heterocycles. The second kappa shape index (κ2) is 4.97. The van der Waals surface area contributed by atoms with E-state index in [0.717, 1.165) is 25.9 Å². The minimum absolute atomic E-state index is 0.0386. The van der Waals surface area contributed by atoms with Crippen molar-refractivity contribution in [1.29, 1.82) is 0 Å². The van der Waals surface area contributed by atoms with E-state index in [0.29, 0.717) is 0 Å². The molecule has 0 saturated carbocycles. The third-order valence-electron chi connectivity index (χ3n) is 3.58. The van der Waals surface area contributed by atoms with Crippen molar-refractivity contribution in [1.82, 2.24) is 4.90 Å². The Morgan fingerprint density at radius 1 is 1.50 bits per heavy atom. The molecular formula is C12H19NO3. The van der Waals surface area contributed by atoms with Crippen molar-refractivity contribution in [3.8, 4) is 0 Å². The molecule has 1 N–H and O–H groups in total. The lowest BCUT2D eigenvalue weighted by atomic mass is 9.97. The first-order chi connectivity index (χ1) is 7.76. The van der Waals surface area contributed by atoms with Crippen molar-refractivity contribution < 1.29 is 14.6 Å². The van der Waals surface area contributed by atoms with Gasteiger partial charge in [-0.05, 0) is 26.3 Å². The van der Waals surface area contributed by atoms with Gasteiger partial charge in [0.05, 0.1) is 6.04 Å². The van der Waals surface area contributed by atoms with Crippen LogP contribution >= 0.6 is 0 Å². The van der Waals surface area contributed by atoms with Crippen LogP contribution in [0.15, 0.2) is 12.2 Å². The summed E-state index contributed by atoms with van der Waals surface area (Å²) >= 11 is 0. The van der Waals surface area contributed by atoms with Crippen molar-refractivity contribution in [3.63, 3.8) is 0 Å². The van der Waals surface area contributed by atoms with Gasteiger partial charge in [0.2, 0.25) is 0 Å². The molecule has 0 aromatic heterocycles. The zero-order valence-corrected chi connectivity index (χ0v) is 9.63. The predicted octanol–water partition coefficient (Wildman–Crippen LogP) is 0.561. The van der Waals surface area contributed by atoms with Crippen LogP contribution in [0.25, 0.3) is 0 Å². The molecule has 1 unspecified atom stereocenters. The van der Waals surface area contributed by atoms with Gasteiger partial charge < -0.3 is 9.84 Å². The maximum absolute atomic E-state index is 11.4. The summed E-state index contributed by atoms with van der Waals surface area (Å²) in [4.78, 5) is 13.7. The molecule has 0 aliphatic carbocycles. The minimum Gasteiger partial charge on any atom is -0.457 e. The van der Waals surface area contributed by atoms with Gasteiger partial charge in [0.1, 0.15) is 6.10 Å². The van der Waals surface area contributed by atoms with Crippen molar-refractivity contribution in [2.75, 3.05) is 19.7 Å². The molecule has 16 heavy (non-hydrogen) atoms. The Morgan fingerprint density at radius 2 is 2.25 bits per heavy atom. The van der Waals surface area contributed by atoms with Crippen LogP contribution in [0.3, 0.4) is 0 Å². The van der Waals surface area contributed by atoms with E-state index in [1.165, 1.54) is 6.08 Å². The van der Waals surface area contributed by atoms with E-state index in [1.807, 2.05) is 0 Å². The normalized spacial score (nSPS) is 34.5. The van der Waals surface area contributed by atoms with Crippen LogP contribution in [-0.2, 0) is 9.53 Å². The molecule has 2 aliphatic rings. The number of aliphatic hydroxyl groups is 1. The van der Waals surface area contributed by atoms with Gasteiger partial charge in [-0.3, -0.25) is 4.90 Å². The summed E-state index contributed by atoms with van der Waals surface area (Å²) in [6, 6.07) is 0.235. The number of hydrogen-bond acceptors (Lipinski definition) is 4. The second-order valence-electron chi connectivity index (χ2n) is 4.52. The van der Waals surface area contributed by atoms with Crippen LogP contribution in [0.2, 0.25) is 0 Å². The van der Waals surface area contributed by atoms with Crippen molar-refractivity contribution in [2.24, 2.45) is 5.92 Å². The molecule has 2 saturated heterocycles. The summed E-state index contributed by atoms with van der Waals surface area (Å²) < 4.78 is 5.42. The summed E-state index contributed by atoms with van der Waals surface area (Å²) in [5.41, 5.74) is 0. The Hall–Kier alpha value is -0.870. The van der Waals surface area contributed by atoms with Gasteiger partial charge in [0.15, 0.2) is 0 Å². The molecular weight excluding hydrogens is 206 g/mol. The number of esters is 1. The first-order valence-corrected chi connectivity index (χ1v) is 5.94. The van der Waals surface area contributed by atoms with E-state index in [-0.39, 0.29) is 30.6 Å². The zero-order chi connectivity index (χ0) is 11.5. The van der Waals surface area contributed by atoms with Crippen molar-refractivity contribution in [2.45, 2.75) is 31.9 Å². The average Bonchev–Trinajstić information content (AvgIpc) is 2.81. The Kier molecular flexibility index (Phi) is 3.61. The first-order valence-electron chi connectivity index (χ1n) is 5.94. The molecule has 0 bridgehead atoms. The standard InChI is InChI=1S/C12H19NO3/c1-2-3-11(15)16-10-5-7-13-6-4-9(8-14)12(10)13/h2-3,9-10,12,14H,4-8H2,1H3/b3-2+/t9-,10-,12?/m1/s1. The van der Waals surface area contributed by atoms with Crippen molar-refractivity contribution >= 4 is 5.97 Å². The molecule has 0 radical (unpaired) electrons. The second-order valence-corrected chi connectivity index (χ2v) is 4.52. The van der Waals surface area contributed by atoms with Crippen molar-refractivity contribution in [3.05, 3.63) is 12.2 Å². The number of rotatable bonds is 3. The van der Waals surface area contributed by atoms with Crippen LogP contribution in [-0.4, -0.2) is 47.8 Å². The van der Waals surface area contributed by atoms with Gasteiger partial charge >= 0.3 is 5.97 Å². The van der Waals surface area contributed by atoms with E-state index in [9.17, 15) is 9.90 Å². The van der Waals surface area contributed by atoms with E-state index in [4.69, 9.17) is 4.74 Å². The van der Waals surface area contributed by atoms with Gasteiger partial charge in [0, 0.05) is 25.1 Å². The summed E-state index contributed by atoms with van der Waals surface area (Å²) in [6.07, 6.45) is 5.01. The monoisotopic (exact) mass is 225 g/mol. The highest BCUT2D eigenvalue weighted by molar-refractivity contribution is 5.82. The third kappa shape index (κ3) is 2.13. The number of carbonyl (C=O) groups is 1. The van der Waals surface area contributed by atoms with Crippen LogP contribution in [0, 0.1) is 5.92 Å². The lowest BCUT2D eigenvalue weighted by molar-refractivity contribution is -0.144. The van der Waals surface area contributed by atoms with E-state index < -0.39 is 0 Å². The molecule has 4 heteroatoms. The van der Waals surface area contributed by atoms with Crippen LogP contribution in [0.5, 0.6) is 0 Å². The van der Waals surface area contributed by atoms with E-state index in [2.05, 4.69) is 4.90 Å². The van der Waals surface area contributed by atoms with Gasteiger partial charge in [0.25, 0.3) is 0 Å². The Balaban J connectivity index is 1.97. The third-order valence-corrected chi connectivity index (χ3v) is 3.58. The number of nitrogens with zero attached hydrogens (tertiary/aromatic N) is 1. The largest absolute Gasteiger partial charge is 0.457 e. The number of hydrogen-bond donors (Lipinski definition) is 1. The molecule has 0 aromatic carbocycles. The topological polar surface area (TPSA) is 49.8 Å². The predicted molar refractivity (Wildman–Crippen MR) is 59.9 cm³/mol. The molecule has 0 spiro atoms. The van der Waals surface area contributed by atoms with E-state index in [1.54, 1.807) is 13.0 Å². The van der Waals surface area contributed by atoms with Crippen LogP contribution < -0.4 is 0 Å². The van der Waals surface area contributed by atoms with Crippen LogP contribution in [0.4, 0.5) is 0 Å². The highest BCUT2D eigenvalue weighted by atomic mass is 16.5. The number of aliphatic hydroxyl groups excluding tert-OH is 1. The smallest absolute Gasteiger partial charge is 0.330 e. The number of fused-ring (bicyclic) bond motifs is 1. The SMILES string of the molecule is C/C=C/C(=O)O[C@@H]1CCN2CC[C@H](CO)C12. The fraction of sp³-hybridized carbons (Fsp3) is 0.750. The number of ether oxygens (including phenoxy) is 1. The van der Waals surface area contributed by atoms with Gasteiger partial charge in [-0.25, -0.2) is 4.79 Å². The molecule has 0 amide bonds. The molecule has 4 nitrogen and oxygen atoms in total. The van der Waals surface area contributed by atoms with Gasteiger partial charge in [-0.15, -0.1) is 0 Å². The lowest BCUT2D eigenvalue weighted by Gasteiger charge is -2.24. The maximum Gasteiger partial charge on any atom is 0.330 e. The number of allylic oxidation sites excluding steroid dienone is 1. The van der Waals surface area contributed by atoms with E-state index >= 15 is 0 Å². The fourth-order valence-corrected chi connectivity index (χ4v) is 2.87. The average molecular weight is 225 g/mol. The summed E-state index contributed by atoms with van der Waals surface area (Å²) in [5, 5.41) is 9.29. The zero-order valence-electron chi connectivity index (χ0n) is 9.63. The first kappa shape index (κ1) is 11.6. The molecule has 2 fully saturated rings. The molecule has 90 valence electrons. The van der Waals surface area contributed by atoms with Gasteiger partial charge in [-0.2, -0.15) is 0 Å². The molecule has 3 atom stereocenters. The molecule has 0 aromatic rings. The highest BCUT2D eigenvalue weighted by Gasteiger charge is 2.45. The fourth-order valence-electron chi connectivity index (χ4n) is 2.87. The Labute approximate surface area is 95.9 Å².